The van der Waals surface area contributed by atoms with Crippen LogP contribution in [-0.4, -0.2) is 37.4 Å². The van der Waals surface area contributed by atoms with Gasteiger partial charge in [-0.05, 0) is 63.6 Å². The molecular weight excluding hydrogens is 492 g/mol. The number of ether oxygens (including phenoxy) is 2. The smallest absolute Gasteiger partial charge is 0.159 e. The van der Waals surface area contributed by atoms with Crippen LogP contribution in [-0.2, 0) is 11.3 Å². The molecule has 0 spiro atoms. The summed E-state index contributed by atoms with van der Waals surface area (Å²) in [5.74, 6) is 0.915. The lowest BCUT2D eigenvalue weighted by atomic mass is 10.1. The molecule has 0 aliphatic rings. The highest BCUT2D eigenvalue weighted by Gasteiger charge is 2.02. The number of rotatable bonds is 7. The quantitative estimate of drug-likeness (QED) is 0.279. The van der Waals surface area contributed by atoms with Crippen molar-refractivity contribution in [3.63, 3.8) is 0 Å². The summed E-state index contributed by atoms with van der Waals surface area (Å²) in [5.41, 5.74) is 3.72. The molecule has 0 bridgehead atoms. The first-order chi connectivity index (χ1) is 16.6. The highest BCUT2D eigenvalue weighted by Crippen LogP contribution is 2.11. The van der Waals surface area contributed by atoms with E-state index >= 15 is 0 Å². The number of carbonyl (C=O) groups is 4. The second kappa shape index (κ2) is 22.1. The van der Waals surface area contributed by atoms with Gasteiger partial charge >= 0.3 is 0 Å². The number of hydrogen-bond acceptors (Lipinski definition) is 6. The van der Waals surface area contributed by atoms with Gasteiger partial charge in [0.1, 0.15) is 5.75 Å². The summed E-state index contributed by atoms with van der Waals surface area (Å²) in [5, 5.41) is 0. The Labute approximate surface area is 236 Å². The van der Waals surface area contributed by atoms with Crippen LogP contribution < -0.4 is 4.74 Å². The number of Topliss-reactive ketones (excluding diaryl/α,β-unsaturated/α-hetero) is 4. The number of ketones is 4. The number of carbonyl (C=O) groups excluding carboxylic acids is 4. The zero-order valence-corrected chi connectivity index (χ0v) is 21.1. The number of methoxy groups -OCH3 is 2. The van der Waals surface area contributed by atoms with Crippen molar-refractivity contribution in [1.82, 2.24) is 0 Å². The van der Waals surface area contributed by atoms with Crippen molar-refractivity contribution < 1.29 is 28.7 Å². The van der Waals surface area contributed by atoms with Gasteiger partial charge in [-0.25, -0.2) is 0 Å². The summed E-state index contributed by atoms with van der Waals surface area (Å²) in [7, 11) is 3.25. The first kappa shape index (κ1) is 42.2. The maximum atomic E-state index is 10.9. The Kier molecular flexibility index (Phi) is 23.9. The van der Waals surface area contributed by atoms with Gasteiger partial charge in [0, 0.05) is 29.4 Å². The Hall–Kier alpha value is -3.90. The van der Waals surface area contributed by atoms with E-state index in [9.17, 15) is 19.2 Å². The summed E-state index contributed by atoms with van der Waals surface area (Å²) in [6, 6.07) is 21.2. The van der Waals surface area contributed by atoms with Crippen LogP contribution in [0.15, 0.2) is 72.8 Å². The van der Waals surface area contributed by atoms with Crippen molar-refractivity contribution in [3.8, 4) is 5.75 Å². The lowest BCUT2D eigenvalue weighted by Crippen LogP contribution is -1.96. The van der Waals surface area contributed by atoms with Crippen molar-refractivity contribution in [2.45, 2.75) is 64.0 Å². The van der Waals surface area contributed by atoms with E-state index in [4.69, 9.17) is 9.47 Å². The molecule has 216 valence electrons. The van der Waals surface area contributed by atoms with Gasteiger partial charge in [0.05, 0.1) is 13.7 Å². The second-order valence-electron chi connectivity index (χ2n) is 7.66. The molecule has 0 fully saturated rings. The van der Waals surface area contributed by atoms with Gasteiger partial charge in [-0.1, -0.05) is 72.2 Å². The maximum absolute atomic E-state index is 10.9. The van der Waals surface area contributed by atoms with Crippen molar-refractivity contribution >= 4 is 23.1 Å². The zero-order chi connectivity index (χ0) is 26.4. The standard InChI is InChI=1S/C10H12O2.C10H10O2.C9H10O2.4CH4/c1-8(11)10-5-3-9(4-6-10)7-12-2;1-7(11)9-4-3-5-10(6-9)8(2)12;1-7(10)8-3-5-9(11-2)6-4-8;;;;/h3-6H,7H2,1-2H3;3-6H,1-2H3;3-6H,1-2H3;4*1H4. The Bertz CT molecular complexity index is 1100. The van der Waals surface area contributed by atoms with E-state index in [0.717, 1.165) is 16.9 Å². The normalized spacial score (nSPS) is 8.56. The van der Waals surface area contributed by atoms with Crippen LogP contribution >= 0.6 is 0 Å². The predicted octanol–water partition coefficient (Wildman–Crippen LogP) is 8.57. The first-order valence-electron chi connectivity index (χ1n) is 10.9. The van der Waals surface area contributed by atoms with Gasteiger partial charge < -0.3 is 9.47 Å². The van der Waals surface area contributed by atoms with Crippen LogP contribution in [0, 0.1) is 0 Å². The molecule has 0 unspecified atom stereocenters. The minimum absolute atomic E-state index is 0. The fourth-order valence-corrected chi connectivity index (χ4v) is 2.79. The Morgan fingerprint density at radius 2 is 0.897 bits per heavy atom. The lowest BCUT2D eigenvalue weighted by molar-refractivity contribution is 0.100. The molecule has 0 saturated carbocycles. The lowest BCUT2D eigenvalue weighted by Gasteiger charge is -1.99. The highest BCUT2D eigenvalue weighted by molar-refractivity contribution is 5.99. The Morgan fingerprint density at radius 3 is 1.21 bits per heavy atom. The molecule has 3 aromatic carbocycles. The van der Waals surface area contributed by atoms with E-state index in [-0.39, 0.29) is 52.8 Å². The Balaban J connectivity index is -0.000000224. The topological polar surface area (TPSA) is 86.7 Å². The molecule has 0 heterocycles. The van der Waals surface area contributed by atoms with Gasteiger partial charge in [-0.2, -0.15) is 0 Å². The van der Waals surface area contributed by atoms with Crippen molar-refractivity contribution in [2.75, 3.05) is 14.2 Å². The maximum Gasteiger partial charge on any atom is 0.159 e. The number of hydrogen-bond donors (Lipinski definition) is 0. The third-order valence-corrected chi connectivity index (χ3v) is 4.84. The molecule has 0 N–H and O–H groups in total. The molecular formula is C33H48O6. The molecule has 0 aromatic heterocycles. The third kappa shape index (κ3) is 15.8. The molecule has 3 rings (SSSR count). The van der Waals surface area contributed by atoms with E-state index in [1.807, 2.05) is 24.3 Å². The van der Waals surface area contributed by atoms with Crippen LogP contribution in [0.4, 0.5) is 0 Å². The fourth-order valence-electron chi connectivity index (χ4n) is 2.79. The van der Waals surface area contributed by atoms with Crippen LogP contribution in [0.5, 0.6) is 5.75 Å². The Morgan fingerprint density at radius 1 is 0.538 bits per heavy atom. The van der Waals surface area contributed by atoms with Crippen molar-refractivity contribution in [2.24, 2.45) is 0 Å². The third-order valence-electron chi connectivity index (χ3n) is 4.84. The monoisotopic (exact) mass is 540 g/mol. The molecule has 0 aliphatic carbocycles. The number of benzene rings is 3. The van der Waals surface area contributed by atoms with Gasteiger partial charge in [-0.15, -0.1) is 0 Å². The predicted molar refractivity (Wildman–Crippen MR) is 164 cm³/mol. The van der Waals surface area contributed by atoms with Crippen LogP contribution in [0.3, 0.4) is 0 Å². The summed E-state index contributed by atoms with van der Waals surface area (Å²) >= 11 is 0. The average molecular weight is 541 g/mol. The molecule has 39 heavy (non-hydrogen) atoms. The minimum Gasteiger partial charge on any atom is -0.497 e. The van der Waals surface area contributed by atoms with E-state index in [2.05, 4.69) is 0 Å². The van der Waals surface area contributed by atoms with Crippen molar-refractivity contribution in [1.29, 1.82) is 0 Å². The molecule has 6 nitrogen and oxygen atoms in total. The molecule has 0 radical (unpaired) electrons. The van der Waals surface area contributed by atoms with Crippen LogP contribution in [0.25, 0.3) is 0 Å². The van der Waals surface area contributed by atoms with Crippen molar-refractivity contribution in [3.05, 3.63) is 101 Å². The van der Waals surface area contributed by atoms with E-state index in [0.29, 0.717) is 23.3 Å². The zero-order valence-electron chi connectivity index (χ0n) is 21.1. The molecule has 0 atom stereocenters. The highest BCUT2D eigenvalue weighted by atomic mass is 16.5. The van der Waals surface area contributed by atoms with Gasteiger partial charge in [0.25, 0.3) is 0 Å². The summed E-state index contributed by atoms with van der Waals surface area (Å²) in [4.78, 5) is 43.5. The molecule has 0 saturated heterocycles. The summed E-state index contributed by atoms with van der Waals surface area (Å²) in [6.07, 6.45) is 0. The van der Waals surface area contributed by atoms with Gasteiger partial charge in [-0.3, -0.25) is 19.2 Å². The van der Waals surface area contributed by atoms with Crippen LogP contribution in [0.1, 0.15) is 104 Å². The average Bonchev–Trinajstić information content (AvgIpc) is 2.85. The first-order valence-corrected chi connectivity index (χ1v) is 10.9. The molecule has 3 aromatic rings. The summed E-state index contributed by atoms with van der Waals surface area (Å²) in [6.45, 7) is 6.67. The molecule has 6 heteroatoms. The second-order valence-corrected chi connectivity index (χ2v) is 7.66. The van der Waals surface area contributed by atoms with Crippen LogP contribution in [0.2, 0.25) is 0 Å². The SMILES string of the molecule is C.C.C.C.CC(=O)c1cccc(C(C)=O)c1.COCc1ccc(C(C)=O)cc1.COc1ccc(C(C)=O)cc1. The van der Waals surface area contributed by atoms with Gasteiger partial charge in [0.2, 0.25) is 0 Å². The largest absolute Gasteiger partial charge is 0.497 e. The fraction of sp³-hybridized carbons (Fsp3) is 0.333. The van der Waals surface area contributed by atoms with E-state index < -0.39 is 0 Å². The molecule has 0 amide bonds. The molecule has 0 aliphatic heterocycles. The van der Waals surface area contributed by atoms with E-state index in [1.54, 1.807) is 76.6 Å². The van der Waals surface area contributed by atoms with E-state index in [1.165, 1.54) is 13.8 Å². The minimum atomic E-state index is -0.0156. The van der Waals surface area contributed by atoms with Gasteiger partial charge in [0.15, 0.2) is 23.1 Å². The summed E-state index contributed by atoms with van der Waals surface area (Å²) < 4.78 is 9.88.